The van der Waals surface area contributed by atoms with Gasteiger partial charge in [0.05, 0.1) is 78.2 Å². The molecular formula is C22H41N6O7S+. The van der Waals surface area contributed by atoms with Crippen molar-refractivity contribution in [1.29, 1.82) is 5.53 Å². The van der Waals surface area contributed by atoms with Crippen LogP contribution in [0, 0.1) is 5.53 Å². The number of nitrogens with one attached hydrogen (secondary N) is 4. The van der Waals surface area contributed by atoms with Crippen LogP contribution in [0.15, 0.2) is 5.11 Å². The smallest absolute Gasteiger partial charge is 0.315 e. The second-order valence-corrected chi connectivity index (χ2v) is 9.52. The summed E-state index contributed by atoms with van der Waals surface area (Å²) in [4.78, 5) is 26.2. The number of carbonyl (C=O) groups excluding carboxylic acids is 2. The van der Waals surface area contributed by atoms with Crippen molar-refractivity contribution in [3.8, 4) is 0 Å². The van der Waals surface area contributed by atoms with E-state index in [1.54, 1.807) is 0 Å². The van der Waals surface area contributed by atoms with Gasteiger partial charge in [-0.05, 0) is 12.8 Å². The zero-order chi connectivity index (χ0) is 25.7. The van der Waals surface area contributed by atoms with Gasteiger partial charge in [-0.25, -0.2) is 4.79 Å². The van der Waals surface area contributed by atoms with Crippen LogP contribution < -0.4 is 20.9 Å². The Morgan fingerprint density at radius 2 is 1.56 bits per heavy atom. The number of thioether (sulfide) groups is 1. The maximum absolute atomic E-state index is 11.9. The first-order valence-corrected chi connectivity index (χ1v) is 13.6. The Morgan fingerprint density at radius 1 is 0.944 bits per heavy atom. The lowest BCUT2D eigenvalue weighted by Gasteiger charge is -2.16. The van der Waals surface area contributed by atoms with Gasteiger partial charge in [-0.2, -0.15) is 11.8 Å². The predicted molar refractivity (Wildman–Crippen MR) is 133 cm³/mol. The van der Waals surface area contributed by atoms with E-state index in [0.29, 0.717) is 90.8 Å². The van der Waals surface area contributed by atoms with Crippen LogP contribution in [0.1, 0.15) is 25.7 Å². The van der Waals surface area contributed by atoms with Crippen molar-refractivity contribution in [2.45, 2.75) is 43.0 Å². The number of hydrogen-bond acceptors (Lipinski definition) is 10. The SMILES string of the molecule is N=[N+]=NCCOCCOCCOCCOCCOCCNC(=O)CCCCC1SCC2NC(=O)NC21. The molecule has 0 aliphatic carbocycles. The van der Waals surface area contributed by atoms with Gasteiger partial charge >= 0.3 is 6.03 Å². The van der Waals surface area contributed by atoms with E-state index in [2.05, 4.69) is 26.0 Å². The number of fused-ring (bicyclic) bond motifs is 1. The molecule has 36 heavy (non-hydrogen) atoms. The molecule has 206 valence electrons. The van der Waals surface area contributed by atoms with E-state index in [0.717, 1.165) is 25.0 Å². The molecule has 2 rings (SSSR count). The van der Waals surface area contributed by atoms with Crippen molar-refractivity contribution >= 4 is 23.7 Å². The third-order valence-electron chi connectivity index (χ3n) is 5.54. The first-order chi connectivity index (χ1) is 17.7. The lowest BCUT2D eigenvalue weighted by molar-refractivity contribution is -0.121. The quantitative estimate of drug-likeness (QED) is 0.0636. The molecule has 2 aliphatic rings. The molecule has 3 amide bonds. The summed E-state index contributed by atoms with van der Waals surface area (Å²) < 4.78 is 26.9. The Labute approximate surface area is 216 Å². The molecule has 0 aromatic carbocycles. The number of amides is 3. The van der Waals surface area contributed by atoms with E-state index in [-0.39, 0.29) is 24.0 Å². The third-order valence-corrected chi connectivity index (χ3v) is 7.05. The summed E-state index contributed by atoms with van der Waals surface area (Å²) in [6.07, 6.45) is 3.36. The van der Waals surface area contributed by atoms with Crippen LogP contribution in [0.4, 0.5) is 4.79 Å². The van der Waals surface area contributed by atoms with Gasteiger partial charge in [-0.15, -0.1) is 0 Å². The molecule has 3 unspecified atom stereocenters. The normalized spacial score (nSPS) is 20.4. The van der Waals surface area contributed by atoms with E-state index in [4.69, 9.17) is 29.2 Å². The number of rotatable bonds is 23. The molecule has 0 aromatic heterocycles. The highest BCUT2D eigenvalue weighted by molar-refractivity contribution is 8.00. The van der Waals surface area contributed by atoms with Crippen molar-refractivity contribution in [3.05, 3.63) is 0 Å². The maximum Gasteiger partial charge on any atom is 0.315 e. The Morgan fingerprint density at radius 3 is 2.19 bits per heavy atom. The molecule has 2 aliphatic heterocycles. The molecule has 0 aromatic rings. The van der Waals surface area contributed by atoms with Gasteiger partial charge in [-0.1, -0.05) is 6.42 Å². The predicted octanol–water partition coefficient (Wildman–Crippen LogP) is 0.462. The lowest BCUT2D eigenvalue weighted by Crippen LogP contribution is -2.36. The summed E-state index contributed by atoms with van der Waals surface area (Å²) in [6, 6.07) is 0.421. The number of unbranched alkanes of at least 4 members (excludes halogenated alkanes) is 1. The second-order valence-electron chi connectivity index (χ2n) is 8.24. The molecule has 2 fully saturated rings. The van der Waals surface area contributed by atoms with Crippen molar-refractivity contribution in [2.24, 2.45) is 5.11 Å². The highest BCUT2D eigenvalue weighted by Crippen LogP contribution is 2.33. The minimum atomic E-state index is -0.0587. The highest BCUT2D eigenvalue weighted by Gasteiger charge is 2.42. The van der Waals surface area contributed by atoms with Crippen molar-refractivity contribution in [3.63, 3.8) is 0 Å². The third kappa shape index (κ3) is 14.1. The summed E-state index contributed by atoms with van der Waals surface area (Å²) in [5.41, 5.74) is 6.50. The van der Waals surface area contributed by atoms with Gasteiger partial charge in [0, 0.05) is 24.0 Å². The summed E-state index contributed by atoms with van der Waals surface area (Å²) in [5.74, 6) is 1.01. The molecule has 0 spiro atoms. The Balaban J connectivity index is 1.24. The van der Waals surface area contributed by atoms with Crippen molar-refractivity contribution < 1.29 is 33.3 Å². The van der Waals surface area contributed by atoms with Crippen LogP contribution in [0.3, 0.4) is 0 Å². The minimum absolute atomic E-state index is 0.0452. The number of urea groups is 1. The van der Waals surface area contributed by atoms with Gasteiger partial charge in [0.1, 0.15) is 17.2 Å². The van der Waals surface area contributed by atoms with Crippen molar-refractivity contribution in [1.82, 2.24) is 20.9 Å². The molecule has 2 saturated heterocycles. The number of nitrogens with zero attached hydrogens (tertiary/aromatic N) is 2. The molecule has 2 heterocycles. The van der Waals surface area contributed by atoms with E-state index in [1.807, 2.05) is 11.8 Å². The second kappa shape index (κ2) is 20.3. The number of hydrogen-bond donors (Lipinski definition) is 4. The zero-order valence-electron chi connectivity index (χ0n) is 20.9. The Bertz CT molecular complexity index is 671. The van der Waals surface area contributed by atoms with Crippen LogP contribution in [0.5, 0.6) is 0 Å². The molecule has 3 atom stereocenters. The molecule has 14 heteroatoms. The van der Waals surface area contributed by atoms with Gasteiger partial charge in [0.2, 0.25) is 10.8 Å². The van der Waals surface area contributed by atoms with Crippen LogP contribution in [-0.4, -0.2) is 114 Å². The van der Waals surface area contributed by atoms with E-state index in [9.17, 15) is 9.59 Å². The number of ether oxygens (including phenoxy) is 5. The Hall–Kier alpha value is -1.80. The van der Waals surface area contributed by atoms with E-state index >= 15 is 0 Å². The largest absolute Gasteiger partial charge is 0.377 e. The summed E-state index contributed by atoms with van der Waals surface area (Å²) in [7, 11) is 0. The van der Waals surface area contributed by atoms with Gasteiger partial charge < -0.3 is 39.6 Å². The fourth-order valence-electron chi connectivity index (χ4n) is 3.76. The Kier molecular flexibility index (Phi) is 17.1. The highest BCUT2D eigenvalue weighted by atomic mass is 32.2. The minimum Gasteiger partial charge on any atom is -0.377 e. The first kappa shape index (κ1) is 30.4. The van der Waals surface area contributed by atoms with Crippen LogP contribution in [0.2, 0.25) is 0 Å². The van der Waals surface area contributed by atoms with Crippen LogP contribution in [0.25, 0.3) is 0 Å². The average molecular weight is 534 g/mol. The first-order valence-electron chi connectivity index (χ1n) is 12.6. The molecule has 0 radical (unpaired) electrons. The standard InChI is InChI=1S/C22H40N6O7S/c23-28-25-6-8-32-10-12-34-14-16-35-15-13-33-11-9-31-7-5-24-20(29)4-2-1-3-19-21-18(17-36-19)26-22(30)27-21/h18-19,21,23H,1-17H2,(H2-,24,26,27,29,30)/p+1. The zero-order valence-corrected chi connectivity index (χ0v) is 21.7. The molecule has 0 saturated carbocycles. The van der Waals surface area contributed by atoms with E-state index < -0.39 is 0 Å². The fraction of sp³-hybridized carbons (Fsp3) is 0.909. The number of carbonyl (C=O) groups is 2. The van der Waals surface area contributed by atoms with Gasteiger partial charge in [0.15, 0.2) is 0 Å². The summed E-state index contributed by atoms with van der Waals surface area (Å²) in [6.45, 7) is 5.61. The molecule has 0 bridgehead atoms. The molecule has 13 nitrogen and oxygen atoms in total. The van der Waals surface area contributed by atoms with Crippen molar-refractivity contribution in [2.75, 3.05) is 84.9 Å². The molecule has 4 N–H and O–H groups in total. The maximum atomic E-state index is 11.9. The van der Waals surface area contributed by atoms with Gasteiger partial charge in [-0.3, -0.25) is 4.79 Å². The summed E-state index contributed by atoms with van der Waals surface area (Å²) in [5, 5.41) is 12.7. The average Bonchev–Trinajstić information content (AvgIpc) is 3.42. The summed E-state index contributed by atoms with van der Waals surface area (Å²) >= 11 is 1.90. The monoisotopic (exact) mass is 533 g/mol. The topological polar surface area (TPSA) is 167 Å². The van der Waals surface area contributed by atoms with E-state index in [1.165, 1.54) is 0 Å². The molecular weight excluding hydrogens is 492 g/mol. The lowest BCUT2D eigenvalue weighted by atomic mass is 10.0. The van der Waals surface area contributed by atoms with Crippen LogP contribution in [-0.2, 0) is 28.5 Å². The van der Waals surface area contributed by atoms with Gasteiger partial charge in [0.25, 0.3) is 0 Å². The fourth-order valence-corrected chi connectivity index (χ4v) is 5.31. The van der Waals surface area contributed by atoms with Crippen LogP contribution >= 0.6 is 11.8 Å².